The van der Waals surface area contributed by atoms with Crippen LogP contribution in [0, 0.1) is 0 Å². The van der Waals surface area contributed by atoms with Crippen molar-refractivity contribution < 1.29 is 9.90 Å². The van der Waals surface area contributed by atoms with Crippen molar-refractivity contribution in [3.8, 4) is 0 Å². The molecule has 2 aliphatic heterocycles. The van der Waals surface area contributed by atoms with Crippen LogP contribution in [0.5, 0.6) is 0 Å². The Kier molecular flexibility index (Phi) is 4.71. The van der Waals surface area contributed by atoms with Crippen molar-refractivity contribution in [3.63, 3.8) is 0 Å². The Bertz CT molecular complexity index is 522. The lowest BCUT2D eigenvalue weighted by atomic mass is 9.90. The molecule has 2 fully saturated rings. The number of hydrogen-bond donors (Lipinski definition) is 2. The topological polar surface area (TPSA) is 52.6 Å². The molecule has 2 aliphatic rings. The van der Waals surface area contributed by atoms with Gasteiger partial charge < -0.3 is 10.4 Å². The van der Waals surface area contributed by atoms with Gasteiger partial charge in [-0.05, 0) is 62.9 Å². The number of nitrogens with one attached hydrogen (secondary N) is 1. The van der Waals surface area contributed by atoms with E-state index in [-0.39, 0.29) is 5.91 Å². The lowest BCUT2D eigenvalue weighted by molar-refractivity contribution is -0.129. The summed E-state index contributed by atoms with van der Waals surface area (Å²) in [6, 6.07) is 6.73. The number of hydrogen-bond acceptors (Lipinski definition) is 3. The number of carbonyl (C=O) groups is 1. The molecule has 0 bridgehead atoms. The van der Waals surface area contributed by atoms with Crippen LogP contribution >= 0.6 is 11.6 Å². The molecule has 1 atom stereocenters. The molecule has 5 heteroatoms. The van der Waals surface area contributed by atoms with E-state index in [0.29, 0.717) is 22.7 Å². The van der Waals surface area contributed by atoms with Gasteiger partial charge in [-0.15, -0.1) is 0 Å². The first-order chi connectivity index (χ1) is 10.6. The first-order valence-electron chi connectivity index (χ1n) is 8.07. The van der Waals surface area contributed by atoms with Gasteiger partial charge in [-0.2, -0.15) is 0 Å². The fourth-order valence-corrected chi connectivity index (χ4v) is 4.07. The van der Waals surface area contributed by atoms with E-state index in [4.69, 9.17) is 11.6 Å². The largest absolute Gasteiger partial charge is 0.378 e. The minimum atomic E-state index is -1.13. The van der Waals surface area contributed by atoms with E-state index < -0.39 is 6.10 Å². The SMILES string of the molecule is O=C(NCCC12CCCN1CCC2)[C@H](O)c1ccc(Cl)cc1. The summed E-state index contributed by atoms with van der Waals surface area (Å²) in [6.07, 6.45) is 4.86. The molecule has 3 rings (SSSR count). The van der Waals surface area contributed by atoms with Crippen molar-refractivity contribution in [2.75, 3.05) is 19.6 Å². The number of rotatable bonds is 5. The number of halogens is 1. The van der Waals surface area contributed by atoms with Crippen molar-refractivity contribution in [1.29, 1.82) is 0 Å². The second-order valence-electron chi connectivity index (χ2n) is 6.41. The number of benzene rings is 1. The van der Waals surface area contributed by atoms with E-state index >= 15 is 0 Å². The molecular formula is C17H23ClN2O2. The summed E-state index contributed by atoms with van der Waals surface area (Å²) in [4.78, 5) is 14.7. The number of amides is 1. The van der Waals surface area contributed by atoms with Crippen LogP contribution < -0.4 is 5.32 Å². The molecule has 1 amide bonds. The summed E-state index contributed by atoms with van der Waals surface area (Å²) in [6.45, 7) is 3.02. The number of aliphatic hydroxyl groups is 1. The smallest absolute Gasteiger partial charge is 0.253 e. The number of nitrogens with zero attached hydrogens (tertiary/aromatic N) is 1. The average molecular weight is 323 g/mol. The number of carbonyl (C=O) groups excluding carboxylic acids is 1. The van der Waals surface area contributed by atoms with Crippen LogP contribution in [0.15, 0.2) is 24.3 Å². The molecule has 0 aromatic heterocycles. The van der Waals surface area contributed by atoms with E-state index in [1.165, 1.54) is 38.8 Å². The molecule has 4 nitrogen and oxygen atoms in total. The van der Waals surface area contributed by atoms with E-state index in [0.717, 1.165) is 6.42 Å². The Morgan fingerprint density at radius 3 is 2.55 bits per heavy atom. The summed E-state index contributed by atoms with van der Waals surface area (Å²) >= 11 is 5.82. The predicted octanol–water partition coefficient (Wildman–Crippen LogP) is 2.51. The van der Waals surface area contributed by atoms with Gasteiger partial charge >= 0.3 is 0 Å². The first-order valence-corrected chi connectivity index (χ1v) is 8.45. The Labute approximate surface area is 136 Å². The summed E-state index contributed by atoms with van der Waals surface area (Å²) in [5.74, 6) is -0.332. The molecule has 0 unspecified atom stereocenters. The van der Waals surface area contributed by atoms with Crippen LogP contribution in [0.3, 0.4) is 0 Å². The molecule has 0 radical (unpaired) electrons. The first kappa shape index (κ1) is 15.8. The van der Waals surface area contributed by atoms with Gasteiger partial charge in [0, 0.05) is 17.1 Å². The summed E-state index contributed by atoms with van der Waals surface area (Å²) in [7, 11) is 0. The molecule has 0 aliphatic carbocycles. The quantitative estimate of drug-likeness (QED) is 0.876. The molecule has 0 saturated carbocycles. The van der Waals surface area contributed by atoms with E-state index in [2.05, 4.69) is 10.2 Å². The van der Waals surface area contributed by atoms with Gasteiger partial charge in [0.05, 0.1) is 0 Å². The van der Waals surface area contributed by atoms with Gasteiger partial charge in [-0.1, -0.05) is 23.7 Å². The molecule has 1 aromatic rings. The molecule has 2 heterocycles. The maximum Gasteiger partial charge on any atom is 0.253 e. The zero-order valence-corrected chi connectivity index (χ0v) is 13.5. The molecule has 120 valence electrons. The second kappa shape index (κ2) is 6.57. The van der Waals surface area contributed by atoms with Crippen molar-refractivity contribution in [2.45, 2.75) is 43.7 Å². The van der Waals surface area contributed by atoms with Crippen LogP contribution in [-0.2, 0) is 4.79 Å². The van der Waals surface area contributed by atoms with Crippen molar-refractivity contribution in [3.05, 3.63) is 34.9 Å². The van der Waals surface area contributed by atoms with Gasteiger partial charge in [-0.25, -0.2) is 0 Å². The van der Waals surface area contributed by atoms with Gasteiger partial charge in [0.1, 0.15) is 0 Å². The maximum atomic E-state index is 12.1. The third-order valence-corrected chi connectivity index (χ3v) is 5.39. The lowest BCUT2D eigenvalue weighted by Gasteiger charge is -2.32. The Morgan fingerprint density at radius 2 is 1.91 bits per heavy atom. The molecule has 2 saturated heterocycles. The van der Waals surface area contributed by atoms with Crippen LogP contribution in [-0.4, -0.2) is 41.1 Å². The average Bonchev–Trinajstić information content (AvgIpc) is 3.07. The van der Waals surface area contributed by atoms with E-state index in [1.54, 1.807) is 24.3 Å². The third-order valence-electron chi connectivity index (χ3n) is 5.13. The predicted molar refractivity (Wildman–Crippen MR) is 86.8 cm³/mol. The van der Waals surface area contributed by atoms with Crippen molar-refractivity contribution in [2.24, 2.45) is 0 Å². The molecule has 0 spiro atoms. The monoisotopic (exact) mass is 322 g/mol. The zero-order valence-electron chi connectivity index (χ0n) is 12.7. The standard InChI is InChI=1S/C17H23ClN2O2/c18-14-5-3-13(4-6-14)15(21)16(22)19-10-9-17-7-1-11-20(17)12-2-8-17/h3-6,15,21H,1-2,7-12H2,(H,19,22)/t15-/m1/s1. The Hall–Kier alpha value is -1.10. The molecule has 2 N–H and O–H groups in total. The summed E-state index contributed by atoms with van der Waals surface area (Å²) in [5, 5.41) is 13.6. The fraction of sp³-hybridized carbons (Fsp3) is 0.588. The highest BCUT2D eigenvalue weighted by Crippen LogP contribution is 2.40. The van der Waals surface area contributed by atoms with Crippen LogP contribution in [0.4, 0.5) is 0 Å². The minimum Gasteiger partial charge on any atom is -0.378 e. The van der Waals surface area contributed by atoms with Gasteiger partial charge in [0.15, 0.2) is 6.10 Å². The van der Waals surface area contributed by atoms with Crippen LogP contribution in [0.1, 0.15) is 43.8 Å². The molecule has 1 aromatic carbocycles. The third kappa shape index (κ3) is 3.14. The number of fused-ring (bicyclic) bond motifs is 1. The number of aliphatic hydroxyl groups excluding tert-OH is 1. The van der Waals surface area contributed by atoms with Gasteiger partial charge in [0.25, 0.3) is 5.91 Å². The summed E-state index contributed by atoms with van der Waals surface area (Å²) in [5.41, 5.74) is 0.877. The Balaban J connectivity index is 1.51. The van der Waals surface area contributed by atoms with E-state index in [9.17, 15) is 9.90 Å². The Morgan fingerprint density at radius 1 is 1.27 bits per heavy atom. The fourth-order valence-electron chi connectivity index (χ4n) is 3.94. The lowest BCUT2D eigenvalue weighted by Crippen LogP contribution is -2.42. The zero-order chi connectivity index (χ0) is 15.6. The van der Waals surface area contributed by atoms with E-state index in [1.807, 2.05) is 0 Å². The van der Waals surface area contributed by atoms with Crippen LogP contribution in [0.25, 0.3) is 0 Å². The normalized spacial score (nSPS) is 21.5. The highest BCUT2D eigenvalue weighted by atomic mass is 35.5. The summed E-state index contributed by atoms with van der Waals surface area (Å²) < 4.78 is 0. The van der Waals surface area contributed by atoms with Gasteiger partial charge in [0.2, 0.25) is 0 Å². The molecule has 22 heavy (non-hydrogen) atoms. The highest BCUT2D eigenvalue weighted by molar-refractivity contribution is 6.30. The van der Waals surface area contributed by atoms with Crippen molar-refractivity contribution >= 4 is 17.5 Å². The van der Waals surface area contributed by atoms with Gasteiger partial charge in [-0.3, -0.25) is 9.69 Å². The highest BCUT2D eigenvalue weighted by Gasteiger charge is 2.43. The minimum absolute atomic E-state index is 0.304. The second-order valence-corrected chi connectivity index (χ2v) is 6.85. The maximum absolute atomic E-state index is 12.1. The molecular weight excluding hydrogens is 300 g/mol. The van der Waals surface area contributed by atoms with Crippen molar-refractivity contribution in [1.82, 2.24) is 10.2 Å². The van der Waals surface area contributed by atoms with Crippen LogP contribution in [0.2, 0.25) is 5.02 Å².